The second kappa shape index (κ2) is 9.83. The predicted molar refractivity (Wildman–Crippen MR) is 106 cm³/mol. The Bertz CT molecular complexity index is 997. The molecule has 0 saturated carbocycles. The van der Waals surface area contributed by atoms with Crippen molar-refractivity contribution in [3.8, 4) is 10.4 Å². The van der Waals surface area contributed by atoms with Crippen LogP contribution in [0.2, 0.25) is 0 Å². The minimum atomic E-state index is -0.959. The number of rotatable bonds is 9. The van der Waals surface area contributed by atoms with Gasteiger partial charge < -0.3 is 19.7 Å². The number of carboxylic acid groups (broad SMARTS) is 1. The summed E-state index contributed by atoms with van der Waals surface area (Å²) in [4.78, 5) is 49.5. The average Bonchev–Trinajstić information content (AvgIpc) is 3.33. The van der Waals surface area contributed by atoms with Gasteiger partial charge in [0.25, 0.3) is 5.56 Å². The molecule has 2 aromatic rings. The lowest BCUT2D eigenvalue weighted by molar-refractivity contribution is -0.150. The number of esters is 1. The molecule has 1 aliphatic rings. The number of unbranched alkanes of at least 4 members (excludes halogenated alkanes) is 1. The highest BCUT2D eigenvalue weighted by molar-refractivity contribution is 7.13. The summed E-state index contributed by atoms with van der Waals surface area (Å²) in [6, 6.07) is 3.55. The van der Waals surface area contributed by atoms with Gasteiger partial charge in [-0.25, -0.2) is 4.79 Å². The van der Waals surface area contributed by atoms with Gasteiger partial charge in [0.1, 0.15) is 18.9 Å². The first-order chi connectivity index (χ1) is 14.3. The molecule has 0 radical (unpaired) electrons. The van der Waals surface area contributed by atoms with Crippen LogP contribution in [0.25, 0.3) is 10.4 Å². The molecule has 1 aliphatic heterocycles. The van der Waals surface area contributed by atoms with E-state index < -0.39 is 41.6 Å². The largest absolute Gasteiger partial charge is 0.481 e. The number of hydrogen-bond acceptors (Lipinski definition) is 8. The summed E-state index contributed by atoms with van der Waals surface area (Å²) in [5, 5.41) is 20.6. The maximum atomic E-state index is 12.2. The highest BCUT2D eigenvalue weighted by atomic mass is 32.1. The van der Waals surface area contributed by atoms with Gasteiger partial charge in [0.05, 0.1) is 11.7 Å². The molecule has 3 rings (SSSR count). The normalized spacial score (nSPS) is 20.9. The number of aromatic nitrogens is 2. The molecular formula is C19H22N2O8S. The average molecular weight is 438 g/mol. The summed E-state index contributed by atoms with van der Waals surface area (Å²) in [5.74, 6) is -1.43. The van der Waals surface area contributed by atoms with E-state index in [2.05, 4.69) is 4.98 Å². The van der Waals surface area contributed by atoms with E-state index in [4.69, 9.17) is 14.6 Å². The molecule has 1 saturated heterocycles. The standard InChI is InChI=1S/C19H22N2O8S/c22-12-8-15(29-13(12)10-28-17(25)6-2-1-5-16(23)24)21-9-11(14-4-3-7-30-14)18(26)20-19(21)27/h3-4,7,9,12-13,15,22H,1-2,5-6,8,10H2,(H,23,24)(H,20,26,27)/t12-,13+,15+/m0/s1. The fourth-order valence-electron chi connectivity index (χ4n) is 3.14. The second-order valence-corrected chi connectivity index (χ2v) is 7.85. The van der Waals surface area contributed by atoms with Crippen molar-refractivity contribution in [2.45, 2.75) is 50.5 Å². The summed E-state index contributed by atoms with van der Waals surface area (Å²) in [6.45, 7) is -0.189. The van der Waals surface area contributed by atoms with Gasteiger partial charge in [0, 0.05) is 30.3 Å². The number of aliphatic hydroxyl groups excluding tert-OH is 1. The highest BCUT2D eigenvalue weighted by Gasteiger charge is 2.36. The van der Waals surface area contributed by atoms with Crippen molar-refractivity contribution < 1.29 is 29.3 Å². The van der Waals surface area contributed by atoms with Crippen LogP contribution < -0.4 is 11.2 Å². The molecule has 162 valence electrons. The summed E-state index contributed by atoms with van der Waals surface area (Å²) >= 11 is 1.35. The molecule has 3 heterocycles. The predicted octanol–water partition coefficient (Wildman–Crippen LogP) is 1.10. The summed E-state index contributed by atoms with van der Waals surface area (Å²) in [6.07, 6.45) is -0.276. The van der Waals surface area contributed by atoms with Crippen molar-refractivity contribution in [3.63, 3.8) is 0 Å². The van der Waals surface area contributed by atoms with E-state index >= 15 is 0 Å². The topological polar surface area (TPSA) is 148 Å². The van der Waals surface area contributed by atoms with Crippen LogP contribution in [0.15, 0.2) is 33.3 Å². The number of carbonyl (C=O) groups excluding carboxylic acids is 1. The molecule has 0 aliphatic carbocycles. The van der Waals surface area contributed by atoms with Gasteiger partial charge in [0.2, 0.25) is 0 Å². The Kier molecular flexibility index (Phi) is 7.19. The SMILES string of the molecule is O=C(O)CCCCC(=O)OC[C@H]1O[C@@H](n2cc(-c3cccs3)c(=O)[nH]c2=O)C[C@@H]1O. The van der Waals surface area contributed by atoms with Crippen LogP contribution in [0.4, 0.5) is 0 Å². The van der Waals surface area contributed by atoms with Gasteiger partial charge in [-0.05, 0) is 24.3 Å². The maximum absolute atomic E-state index is 12.2. The van der Waals surface area contributed by atoms with Crippen LogP contribution in [-0.2, 0) is 19.1 Å². The van der Waals surface area contributed by atoms with Crippen molar-refractivity contribution in [2.24, 2.45) is 0 Å². The van der Waals surface area contributed by atoms with E-state index in [1.165, 1.54) is 22.1 Å². The van der Waals surface area contributed by atoms with E-state index in [0.717, 1.165) is 0 Å². The third-order valence-electron chi connectivity index (χ3n) is 4.70. The van der Waals surface area contributed by atoms with Crippen LogP contribution in [0, 0.1) is 0 Å². The number of ether oxygens (including phenoxy) is 2. The first-order valence-corrected chi connectivity index (χ1v) is 10.3. The quantitative estimate of drug-likeness (QED) is 0.389. The van der Waals surface area contributed by atoms with E-state index in [9.17, 15) is 24.3 Å². The Morgan fingerprint density at radius 1 is 1.30 bits per heavy atom. The molecule has 10 nitrogen and oxygen atoms in total. The van der Waals surface area contributed by atoms with Crippen molar-refractivity contribution in [2.75, 3.05) is 6.61 Å². The van der Waals surface area contributed by atoms with Crippen molar-refractivity contribution in [3.05, 3.63) is 44.5 Å². The first kappa shape index (κ1) is 21.9. The first-order valence-electron chi connectivity index (χ1n) is 9.45. The fourth-order valence-corrected chi connectivity index (χ4v) is 3.87. The van der Waals surface area contributed by atoms with Crippen molar-refractivity contribution >= 4 is 23.3 Å². The molecule has 3 atom stereocenters. The number of hydrogen-bond donors (Lipinski definition) is 3. The third-order valence-corrected chi connectivity index (χ3v) is 5.60. The molecule has 2 aromatic heterocycles. The number of carbonyl (C=O) groups is 2. The number of H-pyrrole nitrogens is 1. The molecule has 11 heteroatoms. The van der Waals surface area contributed by atoms with Gasteiger partial charge in [0.15, 0.2) is 0 Å². The molecule has 30 heavy (non-hydrogen) atoms. The summed E-state index contributed by atoms with van der Waals surface area (Å²) in [7, 11) is 0. The van der Waals surface area contributed by atoms with Crippen LogP contribution >= 0.6 is 11.3 Å². The fraction of sp³-hybridized carbons (Fsp3) is 0.474. The Hall–Kier alpha value is -2.76. The zero-order valence-corrected chi connectivity index (χ0v) is 16.8. The number of aromatic amines is 1. The molecule has 0 spiro atoms. The Morgan fingerprint density at radius 3 is 2.77 bits per heavy atom. The lowest BCUT2D eigenvalue weighted by Gasteiger charge is -2.16. The zero-order valence-electron chi connectivity index (χ0n) is 16.0. The smallest absolute Gasteiger partial charge is 0.330 e. The number of aliphatic hydroxyl groups is 1. The van der Waals surface area contributed by atoms with E-state index in [1.807, 2.05) is 5.38 Å². The number of nitrogens with one attached hydrogen (secondary N) is 1. The second-order valence-electron chi connectivity index (χ2n) is 6.90. The van der Waals surface area contributed by atoms with Crippen LogP contribution in [0.3, 0.4) is 0 Å². The minimum absolute atomic E-state index is 0.0131. The minimum Gasteiger partial charge on any atom is -0.481 e. The van der Waals surface area contributed by atoms with Crippen molar-refractivity contribution in [1.29, 1.82) is 0 Å². The van der Waals surface area contributed by atoms with Crippen LogP contribution in [0.1, 0.15) is 38.3 Å². The molecule has 0 aromatic carbocycles. The van der Waals surface area contributed by atoms with Gasteiger partial charge in [-0.1, -0.05) is 6.07 Å². The Labute approximate surface area is 174 Å². The molecule has 0 bridgehead atoms. The highest BCUT2D eigenvalue weighted by Crippen LogP contribution is 2.29. The monoisotopic (exact) mass is 438 g/mol. The lowest BCUT2D eigenvalue weighted by Crippen LogP contribution is -2.33. The van der Waals surface area contributed by atoms with Gasteiger partial charge in [-0.15, -0.1) is 11.3 Å². The van der Waals surface area contributed by atoms with Crippen molar-refractivity contribution in [1.82, 2.24) is 9.55 Å². The molecule has 3 N–H and O–H groups in total. The lowest BCUT2D eigenvalue weighted by atomic mass is 10.2. The zero-order chi connectivity index (χ0) is 21.7. The van der Waals surface area contributed by atoms with Crippen LogP contribution in [0.5, 0.6) is 0 Å². The van der Waals surface area contributed by atoms with Gasteiger partial charge >= 0.3 is 17.6 Å². The van der Waals surface area contributed by atoms with E-state index in [-0.39, 0.29) is 25.9 Å². The van der Waals surface area contributed by atoms with Gasteiger partial charge in [-0.2, -0.15) is 0 Å². The Balaban J connectivity index is 1.59. The molecule has 0 amide bonds. The number of aliphatic carboxylic acids is 1. The van der Waals surface area contributed by atoms with Gasteiger partial charge in [-0.3, -0.25) is 23.9 Å². The third kappa shape index (κ3) is 5.43. The van der Waals surface area contributed by atoms with E-state index in [0.29, 0.717) is 23.3 Å². The summed E-state index contributed by atoms with van der Waals surface area (Å²) in [5.41, 5.74) is -0.849. The maximum Gasteiger partial charge on any atom is 0.330 e. The number of carboxylic acids is 1. The number of thiophene rings is 1. The summed E-state index contributed by atoms with van der Waals surface area (Å²) < 4.78 is 12.0. The molecule has 1 fully saturated rings. The van der Waals surface area contributed by atoms with E-state index in [1.54, 1.807) is 12.1 Å². The molecular weight excluding hydrogens is 416 g/mol. The number of nitrogens with zero attached hydrogens (tertiary/aromatic N) is 1. The Morgan fingerprint density at radius 2 is 2.07 bits per heavy atom. The molecule has 0 unspecified atom stereocenters. The van der Waals surface area contributed by atoms with Crippen LogP contribution in [-0.4, -0.2) is 50.5 Å².